The van der Waals surface area contributed by atoms with E-state index in [9.17, 15) is 0 Å². The van der Waals surface area contributed by atoms with Crippen LogP contribution < -0.4 is 9.64 Å². The topological polar surface area (TPSA) is 36.3 Å². The maximum absolute atomic E-state index is 9.16. The zero-order valence-electron chi connectivity index (χ0n) is 10.1. The van der Waals surface area contributed by atoms with Crippen LogP contribution in [-0.4, -0.2) is 31.2 Å². The molecule has 0 amide bonds. The Morgan fingerprint density at radius 1 is 1.53 bits per heavy atom. The molecular formula is C13H16N2OS. The molecule has 2 rings (SSSR count). The first kappa shape index (κ1) is 12.1. The molecule has 0 radical (unpaired) electrons. The Balaban J connectivity index is 2.32. The van der Waals surface area contributed by atoms with Gasteiger partial charge in [-0.05, 0) is 12.1 Å². The van der Waals surface area contributed by atoms with Crippen LogP contribution >= 0.6 is 11.8 Å². The number of benzene rings is 1. The Hall–Kier alpha value is -1.34. The van der Waals surface area contributed by atoms with Gasteiger partial charge >= 0.3 is 0 Å². The highest BCUT2D eigenvalue weighted by atomic mass is 32.2. The number of thioether (sulfide) groups is 1. The summed E-state index contributed by atoms with van der Waals surface area (Å²) in [7, 11) is 1.65. The van der Waals surface area contributed by atoms with Crippen LogP contribution in [0.15, 0.2) is 18.2 Å². The number of anilines is 1. The van der Waals surface area contributed by atoms with Crippen LogP contribution in [0.2, 0.25) is 0 Å². The van der Waals surface area contributed by atoms with E-state index in [1.807, 2.05) is 30.0 Å². The van der Waals surface area contributed by atoms with Gasteiger partial charge in [-0.1, -0.05) is 6.92 Å². The third-order valence-corrected chi connectivity index (χ3v) is 4.04. The molecule has 3 nitrogen and oxygen atoms in total. The SMILES string of the molecule is COc1ccc(C#N)c(N2CCSC(C)C2)c1. The van der Waals surface area contributed by atoms with Crippen LogP contribution in [0.3, 0.4) is 0 Å². The van der Waals surface area contributed by atoms with Crippen molar-refractivity contribution >= 4 is 17.4 Å². The number of nitrogens with zero attached hydrogens (tertiary/aromatic N) is 2. The molecule has 0 bridgehead atoms. The van der Waals surface area contributed by atoms with Crippen molar-refractivity contribution in [2.75, 3.05) is 30.9 Å². The van der Waals surface area contributed by atoms with Gasteiger partial charge in [0.25, 0.3) is 0 Å². The number of rotatable bonds is 2. The zero-order chi connectivity index (χ0) is 12.3. The van der Waals surface area contributed by atoms with E-state index < -0.39 is 0 Å². The summed E-state index contributed by atoms with van der Waals surface area (Å²) in [5.41, 5.74) is 1.73. The minimum atomic E-state index is 0.612. The normalized spacial score (nSPS) is 19.8. The fourth-order valence-corrected chi connectivity index (χ4v) is 3.05. The molecule has 90 valence electrons. The first-order valence-corrected chi connectivity index (χ1v) is 6.74. The van der Waals surface area contributed by atoms with E-state index in [2.05, 4.69) is 17.9 Å². The molecule has 1 fully saturated rings. The van der Waals surface area contributed by atoms with E-state index in [0.29, 0.717) is 5.25 Å². The van der Waals surface area contributed by atoms with Crippen LogP contribution in [0.25, 0.3) is 0 Å². The van der Waals surface area contributed by atoms with E-state index >= 15 is 0 Å². The molecule has 0 aliphatic carbocycles. The quantitative estimate of drug-likeness (QED) is 0.805. The standard InChI is InChI=1S/C13H16N2OS/c1-10-9-15(5-6-17-10)13-7-12(16-2)4-3-11(13)8-14/h3-4,7,10H,5-6,9H2,1-2H3. The largest absolute Gasteiger partial charge is 0.497 e. The lowest BCUT2D eigenvalue weighted by molar-refractivity contribution is 0.414. The molecular weight excluding hydrogens is 232 g/mol. The number of nitriles is 1. The van der Waals surface area contributed by atoms with Gasteiger partial charge in [0.05, 0.1) is 18.4 Å². The molecule has 0 N–H and O–H groups in total. The van der Waals surface area contributed by atoms with Crippen molar-refractivity contribution in [3.05, 3.63) is 23.8 Å². The Morgan fingerprint density at radius 2 is 2.35 bits per heavy atom. The second kappa shape index (κ2) is 5.33. The van der Waals surface area contributed by atoms with Gasteiger partial charge in [0, 0.05) is 30.2 Å². The molecule has 1 atom stereocenters. The smallest absolute Gasteiger partial charge is 0.121 e. The number of hydrogen-bond donors (Lipinski definition) is 0. The highest BCUT2D eigenvalue weighted by molar-refractivity contribution is 8.00. The second-order valence-electron chi connectivity index (χ2n) is 4.12. The molecule has 0 spiro atoms. The van der Waals surface area contributed by atoms with Gasteiger partial charge in [0.2, 0.25) is 0 Å². The van der Waals surface area contributed by atoms with E-state index in [1.54, 1.807) is 7.11 Å². The Bertz CT molecular complexity index is 442. The van der Waals surface area contributed by atoms with Gasteiger partial charge in [-0.3, -0.25) is 0 Å². The summed E-state index contributed by atoms with van der Waals surface area (Å²) < 4.78 is 5.23. The van der Waals surface area contributed by atoms with E-state index in [-0.39, 0.29) is 0 Å². The Morgan fingerprint density at radius 3 is 3.00 bits per heavy atom. The van der Waals surface area contributed by atoms with Crippen LogP contribution in [0.5, 0.6) is 5.75 Å². The van der Waals surface area contributed by atoms with Gasteiger partial charge in [-0.25, -0.2) is 0 Å². The number of methoxy groups -OCH3 is 1. The fourth-order valence-electron chi connectivity index (χ4n) is 2.03. The first-order valence-electron chi connectivity index (χ1n) is 5.69. The summed E-state index contributed by atoms with van der Waals surface area (Å²) in [6.45, 7) is 4.21. The van der Waals surface area contributed by atoms with Gasteiger partial charge in [-0.2, -0.15) is 17.0 Å². The van der Waals surface area contributed by atoms with E-state index in [4.69, 9.17) is 10.00 Å². The van der Waals surface area contributed by atoms with Crippen molar-refractivity contribution in [2.45, 2.75) is 12.2 Å². The van der Waals surface area contributed by atoms with E-state index in [0.717, 1.165) is 35.8 Å². The molecule has 1 unspecified atom stereocenters. The molecule has 4 heteroatoms. The molecule has 0 saturated carbocycles. The molecule has 17 heavy (non-hydrogen) atoms. The lowest BCUT2D eigenvalue weighted by Gasteiger charge is -2.33. The van der Waals surface area contributed by atoms with Crippen LogP contribution in [0, 0.1) is 11.3 Å². The molecule has 1 aliphatic heterocycles. The summed E-state index contributed by atoms with van der Waals surface area (Å²) in [5, 5.41) is 9.77. The lowest BCUT2D eigenvalue weighted by Crippen LogP contribution is -2.37. The van der Waals surface area contributed by atoms with Crippen LogP contribution in [0.1, 0.15) is 12.5 Å². The summed E-state index contributed by atoms with van der Waals surface area (Å²) in [6.07, 6.45) is 0. The zero-order valence-corrected chi connectivity index (χ0v) is 11.0. The van der Waals surface area contributed by atoms with Crippen LogP contribution in [0.4, 0.5) is 5.69 Å². The van der Waals surface area contributed by atoms with Crippen molar-refractivity contribution < 1.29 is 4.74 Å². The third kappa shape index (κ3) is 2.67. The third-order valence-electron chi connectivity index (χ3n) is 2.91. The molecule has 0 aromatic heterocycles. The monoisotopic (exact) mass is 248 g/mol. The minimum absolute atomic E-state index is 0.612. The van der Waals surface area contributed by atoms with Gasteiger partial charge in [-0.15, -0.1) is 0 Å². The fraction of sp³-hybridized carbons (Fsp3) is 0.462. The lowest BCUT2D eigenvalue weighted by atomic mass is 10.1. The average Bonchev–Trinajstić information content (AvgIpc) is 2.38. The van der Waals surface area contributed by atoms with E-state index in [1.165, 1.54) is 0 Å². The maximum atomic E-state index is 9.16. The number of hydrogen-bond acceptors (Lipinski definition) is 4. The summed E-state index contributed by atoms with van der Waals surface area (Å²) >= 11 is 1.98. The summed E-state index contributed by atoms with van der Waals surface area (Å²) in [5.74, 6) is 1.92. The molecule has 1 aromatic carbocycles. The molecule has 1 aliphatic rings. The highest BCUT2D eigenvalue weighted by Gasteiger charge is 2.19. The van der Waals surface area contributed by atoms with Crippen molar-refractivity contribution in [2.24, 2.45) is 0 Å². The second-order valence-corrected chi connectivity index (χ2v) is 5.67. The van der Waals surface area contributed by atoms with Crippen molar-refractivity contribution in [1.82, 2.24) is 0 Å². The minimum Gasteiger partial charge on any atom is -0.497 e. The van der Waals surface area contributed by atoms with Gasteiger partial charge < -0.3 is 9.64 Å². The van der Waals surface area contributed by atoms with Crippen molar-refractivity contribution in [1.29, 1.82) is 5.26 Å². The summed E-state index contributed by atoms with van der Waals surface area (Å²) in [6, 6.07) is 7.89. The van der Waals surface area contributed by atoms with Gasteiger partial charge in [0.15, 0.2) is 0 Å². The Kier molecular flexibility index (Phi) is 3.80. The Labute approximate surface area is 106 Å². The van der Waals surface area contributed by atoms with Crippen molar-refractivity contribution in [3.8, 4) is 11.8 Å². The predicted molar refractivity (Wildman–Crippen MR) is 71.8 cm³/mol. The molecule has 1 heterocycles. The number of ether oxygens (including phenoxy) is 1. The molecule has 1 aromatic rings. The molecule has 1 saturated heterocycles. The first-order chi connectivity index (χ1) is 8.24. The highest BCUT2D eigenvalue weighted by Crippen LogP contribution is 2.29. The van der Waals surface area contributed by atoms with Gasteiger partial charge in [0.1, 0.15) is 11.8 Å². The average molecular weight is 248 g/mol. The predicted octanol–water partition coefficient (Wildman–Crippen LogP) is 2.51. The summed E-state index contributed by atoms with van der Waals surface area (Å²) in [4.78, 5) is 2.28. The maximum Gasteiger partial charge on any atom is 0.121 e. The van der Waals surface area contributed by atoms with Crippen LogP contribution in [-0.2, 0) is 0 Å². The van der Waals surface area contributed by atoms with Crippen molar-refractivity contribution in [3.63, 3.8) is 0 Å².